The third kappa shape index (κ3) is 5.67. The van der Waals surface area contributed by atoms with Crippen LogP contribution >= 0.6 is 0 Å². The number of carbonyl (C=O) groups is 1. The number of aromatic nitrogens is 2. The summed E-state index contributed by atoms with van der Waals surface area (Å²) in [5, 5.41) is 6.92. The molecular formula is C19H28N4O2. The van der Waals surface area contributed by atoms with Crippen molar-refractivity contribution < 1.29 is 9.32 Å². The van der Waals surface area contributed by atoms with E-state index in [1.54, 1.807) is 0 Å². The predicted molar refractivity (Wildman–Crippen MR) is 97.3 cm³/mol. The van der Waals surface area contributed by atoms with Crippen molar-refractivity contribution in [3.8, 4) is 0 Å². The van der Waals surface area contributed by atoms with E-state index in [2.05, 4.69) is 51.5 Å². The fourth-order valence-electron chi connectivity index (χ4n) is 2.51. The monoisotopic (exact) mass is 344 g/mol. The number of nitrogens with one attached hydrogen (secondary N) is 1. The molecule has 2 rings (SSSR count). The molecule has 0 aliphatic rings. The molecule has 0 aliphatic heterocycles. The summed E-state index contributed by atoms with van der Waals surface area (Å²) in [6.45, 7) is 6.65. The average molecular weight is 344 g/mol. The smallest absolute Gasteiger partial charge is 0.227 e. The number of rotatable bonds is 8. The van der Waals surface area contributed by atoms with Crippen molar-refractivity contribution in [2.45, 2.75) is 45.6 Å². The number of nitrogens with zero attached hydrogens (tertiary/aromatic N) is 3. The molecule has 0 saturated carbocycles. The van der Waals surface area contributed by atoms with Gasteiger partial charge in [-0.05, 0) is 26.6 Å². The summed E-state index contributed by atoms with van der Waals surface area (Å²) in [4.78, 5) is 18.6. The van der Waals surface area contributed by atoms with Crippen LogP contribution in [-0.2, 0) is 11.2 Å². The highest BCUT2D eigenvalue weighted by Gasteiger charge is 2.16. The minimum atomic E-state index is -0.0109. The van der Waals surface area contributed by atoms with E-state index < -0.39 is 0 Å². The van der Waals surface area contributed by atoms with Crippen molar-refractivity contribution >= 4 is 5.91 Å². The van der Waals surface area contributed by atoms with Gasteiger partial charge < -0.3 is 14.7 Å². The molecule has 6 heteroatoms. The first-order valence-corrected chi connectivity index (χ1v) is 8.69. The van der Waals surface area contributed by atoms with E-state index in [0.29, 0.717) is 31.1 Å². The molecule has 1 unspecified atom stereocenters. The average Bonchev–Trinajstić information content (AvgIpc) is 3.04. The van der Waals surface area contributed by atoms with Crippen molar-refractivity contribution in [2.24, 2.45) is 0 Å². The predicted octanol–water partition coefficient (Wildman–Crippen LogP) is 2.85. The van der Waals surface area contributed by atoms with E-state index in [0.717, 1.165) is 0 Å². The molecule has 1 aromatic heterocycles. The Morgan fingerprint density at radius 2 is 1.92 bits per heavy atom. The molecule has 1 heterocycles. The maximum atomic E-state index is 12.2. The fraction of sp³-hybridized carbons (Fsp3) is 0.526. The topological polar surface area (TPSA) is 71.3 Å². The van der Waals surface area contributed by atoms with Crippen LogP contribution < -0.4 is 5.32 Å². The van der Waals surface area contributed by atoms with E-state index >= 15 is 0 Å². The Morgan fingerprint density at radius 1 is 1.24 bits per heavy atom. The SMILES string of the molecule is Cc1ccc(C(CNC(=O)CCc2nc(C(C)C)no2)N(C)C)cc1. The number of likely N-dealkylation sites (N-methyl/N-ethyl adjacent to an activating group) is 1. The molecule has 0 spiro atoms. The van der Waals surface area contributed by atoms with E-state index in [4.69, 9.17) is 4.52 Å². The summed E-state index contributed by atoms with van der Waals surface area (Å²) in [5.74, 6) is 1.41. The van der Waals surface area contributed by atoms with Crippen molar-refractivity contribution in [2.75, 3.05) is 20.6 Å². The van der Waals surface area contributed by atoms with E-state index in [9.17, 15) is 4.79 Å². The summed E-state index contributed by atoms with van der Waals surface area (Å²) in [7, 11) is 4.03. The van der Waals surface area contributed by atoms with Gasteiger partial charge in [-0.15, -0.1) is 0 Å². The standard InChI is InChI=1S/C19H28N4O2/c1-13(2)19-21-18(25-22-19)11-10-17(24)20-12-16(23(4)5)15-8-6-14(3)7-9-15/h6-9,13,16H,10-12H2,1-5H3,(H,20,24). The van der Waals surface area contributed by atoms with Gasteiger partial charge in [0.25, 0.3) is 0 Å². The van der Waals surface area contributed by atoms with Gasteiger partial charge in [-0.1, -0.05) is 48.8 Å². The Bertz CT molecular complexity index is 677. The molecule has 136 valence electrons. The minimum absolute atomic E-state index is 0.0109. The lowest BCUT2D eigenvalue weighted by Gasteiger charge is -2.25. The number of amides is 1. The molecule has 0 fully saturated rings. The zero-order chi connectivity index (χ0) is 18.4. The number of aryl methyl sites for hydroxylation is 2. The minimum Gasteiger partial charge on any atom is -0.354 e. The van der Waals surface area contributed by atoms with Crippen molar-refractivity contribution in [3.05, 3.63) is 47.1 Å². The first-order chi connectivity index (χ1) is 11.9. The van der Waals surface area contributed by atoms with Gasteiger partial charge in [0.15, 0.2) is 5.82 Å². The zero-order valence-electron chi connectivity index (χ0n) is 15.7. The summed E-state index contributed by atoms with van der Waals surface area (Å²) in [5.41, 5.74) is 2.42. The molecule has 6 nitrogen and oxygen atoms in total. The van der Waals surface area contributed by atoms with Gasteiger partial charge in [-0.3, -0.25) is 4.79 Å². The highest BCUT2D eigenvalue weighted by molar-refractivity contribution is 5.76. The second-order valence-electron chi connectivity index (χ2n) is 6.90. The molecule has 2 aromatic rings. The highest BCUT2D eigenvalue weighted by atomic mass is 16.5. The van der Waals surface area contributed by atoms with Crippen LogP contribution in [0.2, 0.25) is 0 Å². The Hall–Kier alpha value is -2.21. The van der Waals surface area contributed by atoms with Crippen LogP contribution in [0.3, 0.4) is 0 Å². The van der Waals surface area contributed by atoms with E-state index in [-0.39, 0.29) is 17.9 Å². The van der Waals surface area contributed by atoms with Crippen LogP contribution in [0.15, 0.2) is 28.8 Å². The van der Waals surface area contributed by atoms with Crippen LogP contribution in [0.4, 0.5) is 0 Å². The number of benzene rings is 1. The Balaban J connectivity index is 1.85. The number of carbonyl (C=O) groups excluding carboxylic acids is 1. The second kappa shape index (κ2) is 8.76. The number of hydrogen-bond acceptors (Lipinski definition) is 5. The normalized spacial score (nSPS) is 12.6. The van der Waals surface area contributed by atoms with Crippen LogP contribution in [0, 0.1) is 6.92 Å². The Kier molecular flexibility index (Phi) is 6.70. The third-order valence-electron chi connectivity index (χ3n) is 4.14. The Labute approximate surface area is 149 Å². The molecule has 0 bridgehead atoms. The molecule has 0 saturated heterocycles. The van der Waals surface area contributed by atoms with Crippen molar-refractivity contribution in [1.29, 1.82) is 0 Å². The van der Waals surface area contributed by atoms with E-state index in [1.807, 2.05) is 27.9 Å². The Morgan fingerprint density at radius 3 is 2.48 bits per heavy atom. The van der Waals surface area contributed by atoms with Gasteiger partial charge in [0.1, 0.15) is 0 Å². The van der Waals surface area contributed by atoms with Gasteiger partial charge >= 0.3 is 0 Å². The van der Waals surface area contributed by atoms with Crippen LogP contribution in [0.25, 0.3) is 0 Å². The molecule has 1 N–H and O–H groups in total. The van der Waals surface area contributed by atoms with Crippen LogP contribution in [0.1, 0.15) is 55.1 Å². The molecule has 0 aliphatic carbocycles. The second-order valence-corrected chi connectivity index (χ2v) is 6.90. The summed E-state index contributed by atoms with van der Waals surface area (Å²) >= 11 is 0. The molecule has 1 aromatic carbocycles. The molecule has 1 amide bonds. The van der Waals surface area contributed by atoms with Gasteiger partial charge in [0.05, 0.1) is 6.04 Å². The van der Waals surface area contributed by atoms with Crippen LogP contribution in [0.5, 0.6) is 0 Å². The van der Waals surface area contributed by atoms with E-state index in [1.165, 1.54) is 11.1 Å². The quantitative estimate of drug-likeness (QED) is 0.797. The summed E-state index contributed by atoms with van der Waals surface area (Å²) in [6.07, 6.45) is 0.802. The van der Waals surface area contributed by atoms with Crippen molar-refractivity contribution in [1.82, 2.24) is 20.4 Å². The lowest BCUT2D eigenvalue weighted by molar-refractivity contribution is -0.121. The number of hydrogen-bond donors (Lipinski definition) is 1. The highest BCUT2D eigenvalue weighted by Crippen LogP contribution is 2.18. The lowest BCUT2D eigenvalue weighted by Crippen LogP contribution is -2.34. The van der Waals surface area contributed by atoms with Gasteiger partial charge in [-0.25, -0.2) is 0 Å². The van der Waals surface area contributed by atoms with Gasteiger partial charge in [-0.2, -0.15) is 4.98 Å². The maximum Gasteiger partial charge on any atom is 0.227 e. The fourth-order valence-corrected chi connectivity index (χ4v) is 2.51. The largest absolute Gasteiger partial charge is 0.354 e. The molecular weight excluding hydrogens is 316 g/mol. The van der Waals surface area contributed by atoms with Gasteiger partial charge in [0.2, 0.25) is 11.8 Å². The zero-order valence-corrected chi connectivity index (χ0v) is 15.7. The summed E-state index contributed by atoms with van der Waals surface area (Å²) in [6, 6.07) is 8.54. The molecule has 1 atom stereocenters. The maximum absolute atomic E-state index is 12.2. The summed E-state index contributed by atoms with van der Waals surface area (Å²) < 4.78 is 5.17. The lowest BCUT2D eigenvalue weighted by atomic mass is 10.0. The molecule has 25 heavy (non-hydrogen) atoms. The third-order valence-corrected chi connectivity index (χ3v) is 4.14. The first kappa shape index (κ1) is 19.1. The molecule has 0 radical (unpaired) electrons. The first-order valence-electron chi connectivity index (χ1n) is 8.69. The van der Waals surface area contributed by atoms with Crippen molar-refractivity contribution in [3.63, 3.8) is 0 Å². The van der Waals surface area contributed by atoms with Gasteiger partial charge in [0, 0.05) is 25.3 Å². The van der Waals surface area contributed by atoms with Crippen LogP contribution in [-0.4, -0.2) is 41.6 Å².